The minimum atomic E-state index is 0.0212. The number of aromatic nitrogens is 2. The van der Waals surface area contributed by atoms with E-state index >= 15 is 0 Å². The molecule has 0 amide bonds. The lowest BCUT2D eigenvalue weighted by Gasteiger charge is -2.27. The minimum Gasteiger partial charge on any atom is -0.390 e. The minimum absolute atomic E-state index is 0.0212. The van der Waals surface area contributed by atoms with Crippen molar-refractivity contribution in [2.45, 2.75) is 32.7 Å². The van der Waals surface area contributed by atoms with Crippen molar-refractivity contribution in [3.05, 3.63) is 53.3 Å². The number of nitrogens with zero attached hydrogens (tertiary/aromatic N) is 3. The summed E-state index contributed by atoms with van der Waals surface area (Å²) in [5.41, 5.74) is 3.18. The van der Waals surface area contributed by atoms with Crippen molar-refractivity contribution in [1.82, 2.24) is 14.7 Å². The second-order valence-electron chi connectivity index (χ2n) is 5.68. The molecular formula is C17H23N3O2. The molecule has 2 heterocycles. The smallest absolute Gasteiger partial charge is 0.0882 e. The summed E-state index contributed by atoms with van der Waals surface area (Å²) in [6.45, 7) is 5.35. The molecule has 0 saturated carbocycles. The molecule has 1 aromatic heterocycles. The maximum absolute atomic E-state index is 9.14. The fourth-order valence-corrected chi connectivity index (χ4v) is 2.80. The zero-order chi connectivity index (χ0) is 15.2. The molecule has 118 valence electrons. The first-order valence-electron chi connectivity index (χ1n) is 7.85. The van der Waals surface area contributed by atoms with Gasteiger partial charge in [-0.1, -0.05) is 30.3 Å². The van der Waals surface area contributed by atoms with Crippen molar-refractivity contribution in [3.63, 3.8) is 0 Å². The second kappa shape index (κ2) is 7.54. The van der Waals surface area contributed by atoms with E-state index in [1.165, 1.54) is 11.3 Å². The van der Waals surface area contributed by atoms with Crippen molar-refractivity contribution < 1.29 is 9.84 Å². The Morgan fingerprint density at radius 3 is 2.86 bits per heavy atom. The van der Waals surface area contributed by atoms with Crippen molar-refractivity contribution in [1.29, 1.82) is 0 Å². The van der Waals surface area contributed by atoms with Crippen LogP contribution in [-0.4, -0.2) is 39.5 Å². The summed E-state index contributed by atoms with van der Waals surface area (Å²) in [5.74, 6) is 0. The highest BCUT2D eigenvalue weighted by atomic mass is 16.5. The van der Waals surface area contributed by atoms with Gasteiger partial charge in [0, 0.05) is 26.2 Å². The van der Waals surface area contributed by atoms with Gasteiger partial charge in [-0.2, -0.15) is 5.10 Å². The van der Waals surface area contributed by atoms with E-state index in [2.05, 4.69) is 22.1 Å². The van der Waals surface area contributed by atoms with Crippen LogP contribution in [0.2, 0.25) is 0 Å². The van der Waals surface area contributed by atoms with E-state index in [0.717, 1.165) is 44.9 Å². The van der Waals surface area contributed by atoms with Crippen molar-refractivity contribution in [2.75, 3.05) is 19.7 Å². The lowest BCUT2D eigenvalue weighted by Crippen LogP contribution is -2.34. The first-order chi connectivity index (χ1) is 10.8. The van der Waals surface area contributed by atoms with Crippen molar-refractivity contribution in [3.8, 4) is 0 Å². The Balaban J connectivity index is 1.36. The first-order valence-corrected chi connectivity index (χ1v) is 7.85. The summed E-state index contributed by atoms with van der Waals surface area (Å²) < 4.78 is 7.73. The second-order valence-corrected chi connectivity index (χ2v) is 5.68. The Labute approximate surface area is 131 Å². The average molecular weight is 301 g/mol. The Morgan fingerprint density at radius 2 is 2.05 bits per heavy atom. The summed E-state index contributed by atoms with van der Waals surface area (Å²) in [5, 5.41) is 13.5. The van der Waals surface area contributed by atoms with E-state index in [9.17, 15) is 0 Å². The third-order valence-corrected chi connectivity index (χ3v) is 3.96. The SMILES string of the molecule is OCc1cc2n(n1)CCN(CCCOCc1ccccc1)C2. The fraction of sp³-hybridized carbons (Fsp3) is 0.471. The molecule has 5 nitrogen and oxygen atoms in total. The molecule has 3 rings (SSSR count). The molecule has 0 radical (unpaired) electrons. The molecule has 1 aromatic carbocycles. The number of benzene rings is 1. The summed E-state index contributed by atoms with van der Waals surface area (Å²) in [4.78, 5) is 2.42. The van der Waals surface area contributed by atoms with Gasteiger partial charge in [0.05, 0.1) is 31.1 Å². The van der Waals surface area contributed by atoms with E-state index in [4.69, 9.17) is 9.84 Å². The Morgan fingerprint density at radius 1 is 1.18 bits per heavy atom. The molecule has 0 saturated heterocycles. The van der Waals surface area contributed by atoms with Crippen LogP contribution in [0.1, 0.15) is 23.4 Å². The molecule has 0 atom stereocenters. The fourth-order valence-electron chi connectivity index (χ4n) is 2.80. The zero-order valence-electron chi connectivity index (χ0n) is 12.8. The summed E-state index contributed by atoms with van der Waals surface area (Å²) in [7, 11) is 0. The molecule has 0 unspecified atom stereocenters. The van der Waals surface area contributed by atoms with Crippen molar-refractivity contribution in [2.24, 2.45) is 0 Å². The first kappa shape index (κ1) is 15.2. The molecule has 0 bridgehead atoms. The van der Waals surface area contributed by atoms with Gasteiger partial charge in [0.25, 0.3) is 0 Å². The Kier molecular flexibility index (Phi) is 5.21. The van der Waals surface area contributed by atoms with Crippen LogP contribution < -0.4 is 0 Å². The van der Waals surface area contributed by atoms with E-state index in [1.807, 2.05) is 28.9 Å². The highest BCUT2D eigenvalue weighted by Crippen LogP contribution is 2.14. The van der Waals surface area contributed by atoms with E-state index in [1.54, 1.807) is 0 Å². The molecule has 5 heteroatoms. The van der Waals surface area contributed by atoms with Gasteiger partial charge in [-0.05, 0) is 18.1 Å². The van der Waals surface area contributed by atoms with E-state index in [0.29, 0.717) is 6.61 Å². The molecule has 0 aliphatic carbocycles. The molecule has 1 aliphatic rings. The quantitative estimate of drug-likeness (QED) is 0.792. The normalized spacial score (nSPS) is 15.0. The third kappa shape index (κ3) is 3.94. The number of hydrogen-bond donors (Lipinski definition) is 1. The van der Waals surface area contributed by atoms with Gasteiger partial charge < -0.3 is 9.84 Å². The summed E-state index contributed by atoms with van der Waals surface area (Å²) in [6, 6.07) is 12.3. The van der Waals surface area contributed by atoms with Crippen LogP contribution in [0.15, 0.2) is 36.4 Å². The number of fused-ring (bicyclic) bond motifs is 1. The van der Waals surface area contributed by atoms with Crippen LogP contribution in [-0.2, 0) is 31.0 Å². The predicted molar refractivity (Wildman–Crippen MR) is 84.1 cm³/mol. The molecule has 1 N–H and O–H groups in total. The highest BCUT2D eigenvalue weighted by Gasteiger charge is 2.17. The van der Waals surface area contributed by atoms with Gasteiger partial charge in [-0.25, -0.2) is 0 Å². The lowest BCUT2D eigenvalue weighted by molar-refractivity contribution is 0.103. The number of ether oxygens (including phenoxy) is 1. The predicted octanol–water partition coefficient (Wildman–Crippen LogP) is 1.80. The van der Waals surface area contributed by atoms with Gasteiger partial charge in [-0.3, -0.25) is 9.58 Å². The maximum Gasteiger partial charge on any atom is 0.0882 e. The van der Waals surface area contributed by atoms with Gasteiger partial charge in [-0.15, -0.1) is 0 Å². The number of aliphatic hydroxyl groups excluding tert-OH is 1. The molecular weight excluding hydrogens is 278 g/mol. The lowest BCUT2D eigenvalue weighted by atomic mass is 10.2. The molecule has 22 heavy (non-hydrogen) atoms. The number of aliphatic hydroxyl groups is 1. The van der Waals surface area contributed by atoms with Crippen LogP contribution >= 0.6 is 0 Å². The van der Waals surface area contributed by atoms with Crippen LogP contribution in [0, 0.1) is 0 Å². The Bertz CT molecular complexity index is 583. The van der Waals surface area contributed by atoms with E-state index < -0.39 is 0 Å². The molecule has 0 fully saturated rings. The monoisotopic (exact) mass is 301 g/mol. The van der Waals surface area contributed by atoms with Crippen LogP contribution in [0.3, 0.4) is 0 Å². The number of rotatable bonds is 7. The van der Waals surface area contributed by atoms with Gasteiger partial charge in [0.2, 0.25) is 0 Å². The average Bonchev–Trinajstić information content (AvgIpc) is 2.98. The van der Waals surface area contributed by atoms with Crippen LogP contribution in [0.25, 0.3) is 0 Å². The van der Waals surface area contributed by atoms with Crippen molar-refractivity contribution >= 4 is 0 Å². The van der Waals surface area contributed by atoms with Crippen LogP contribution in [0.4, 0.5) is 0 Å². The summed E-state index contributed by atoms with van der Waals surface area (Å²) >= 11 is 0. The third-order valence-electron chi connectivity index (χ3n) is 3.96. The van der Waals surface area contributed by atoms with Crippen LogP contribution in [0.5, 0.6) is 0 Å². The van der Waals surface area contributed by atoms with Gasteiger partial charge >= 0.3 is 0 Å². The Hall–Kier alpha value is -1.69. The standard InChI is InChI=1S/C17H23N3O2/c21-13-16-11-17-12-19(8-9-20(17)18-16)7-4-10-22-14-15-5-2-1-3-6-15/h1-3,5-6,11,21H,4,7-10,12-14H2. The zero-order valence-corrected chi connectivity index (χ0v) is 12.8. The largest absolute Gasteiger partial charge is 0.390 e. The summed E-state index contributed by atoms with van der Waals surface area (Å²) in [6.07, 6.45) is 1.04. The van der Waals surface area contributed by atoms with Gasteiger partial charge in [0.15, 0.2) is 0 Å². The molecule has 1 aliphatic heterocycles. The maximum atomic E-state index is 9.14. The highest BCUT2D eigenvalue weighted by molar-refractivity contribution is 5.13. The molecule has 2 aromatic rings. The van der Waals surface area contributed by atoms with E-state index in [-0.39, 0.29) is 6.61 Å². The molecule has 0 spiro atoms. The topological polar surface area (TPSA) is 50.5 Å². The number of hydrogen-bond acceptors (Lipinski definition) is 4. The van der Waals surface area contributed by atoms with Gasteiger partial charge in [0.1, 0.15) is 0 Å².